The van der Waals surface area contributed by atoms with E-state index >= 15 is 0 Å². The van der Waals surface area contributed by atoms with Gasteiger partial charge in [-0.2, -0.15) is 4.99 Å². The van der Waals surface area contributed by atoms with Crippen molar-refractivity contribution in [1.29, 1.82) is 5.41 Å². The largest absolute Gasteiger partial charge is 0.369 e. The molecule has 80 valence electrons. The molecule has 5 N–H and O–H groups in total. The molecule has 1 saturated carbocycles. The number of aliphatic imine (C=N–C) groups is 1. The van der Waals surface area contributed by atoms with Crippen LogP contribution in [0.5, 0.6) is 0 Å². The molecule has 0 aromatic rings. The average Bonchev–Trinajstić information content (AvgIpc) is 2.00. The Kier molecular flexibility index (Phi) is 3.33. The van der Waals surface area contributed by atoms with Crippen LogP contribution in [0.2, 0.25) is 0 Å². The van der Waals surface area contributed by atoms with E-state index in [0.717, 1.165) is 18.4 Å². The van der Waals surface area contributed by atoms with Gasteiger partial charge in [0, 0.05) is 13.6 Å². The number of nitrogens with one attached hydrogen (secondary N) is 1. The minimum atomic E-state index is -0.240. The zero-order valence-electron chi connectivity index (χ0n) is 8.83. The normalized spacial score (nSPS) is 26.9. The molecule has 1 rings (SSSR count). The number of rotatable bonds is 2. The molecular weight excluding hydrogens is 178 g/mol. The van der Waals surface area contributed by atoms with Gasteiger partial charge in [-0.3, -0.25) is 5.41 Å². The maximum atomic E-state index is 6.98. The molecule has 1 fully saturated rings. The lowest BCUT2D eigenvalue weighted by atomic mass is 9.76. The molecule has 0 heterocycles. The maximum absolute atomic E-state index is 6.98. The highest BCUT2D eigenvalue weighted by molar-refractivity contribution is 5.91. The van der Waals surface area contributed by atoms with Crippen LogP contribution in [0.3, 0.4) is 0 Å². The lowest BCUT2D eigenvalue weighted by molar-refractivity contribution is 0.180. The summed E-state index contributed by atoms with van der Waals surface area (Å²) in [4.78, 5) is 5.55. The first-order chi connectivity index (χ1) is 6.49. The van der Waals surface area contributed by atoms with Crippen molar-refractivity contribution in [1.82, 2.24) is 4.90 Å². The Bertz CT molecular complexity index is 242. The van der Waals surface area contributed by atoms with E-state index in [1.54, 1.807) is 0 Å². The minimum Gasteiger partial charge on any atom is -0.369 e. The summed E-state index contributed by atoms with van der Waals surface area (Å²) < 4.78 is 0. The first kappa shape index (κ1) is 10.8. The lowest BCUT2D eigenvalue weighted by Gasteiger charge is -2.35. The fraction of sp³-hybridized carbons (Fsp3) is 0.778. The van der Waals surface area contributed by atoms with Crippen molar-refractivity contribution >= 4 is 11.9 Å². The van der Waals surface area contributed by atoms with Crippen molar-refractivity contribution in [3.8, 4) is 0 Å². The van der Waals surface area contributed by atoms with Gasteiger partial charge in [0.2, 0.25) is 5.96 Å². The van der Waals surface area contributed by atoms with Crippen LogP contribution in [0, 0.1) is 17.2 Å². The maximum Gasteiger partial charge on any atom is 0.215 e. The Morgan fingerprint density at radius 2 is 2.07 bits per heavy atom. The van der Waals surface area contributed by atoms with E-state index in [9.17, 15) is 0 Å². The third kappa shape index (κ3) is 2.90. The van der Waals surface area contributed by atoms with Crippen LogP contribution in [-0.4, -0.2) is 30.4 Å². The highest BCUT2D eigenvalue weighted by Gasteiger charge is 2.26. The van der Waals surface area contributed by atoms with Crippen molar-refractivity contribution in [2.45, 2.75) is 19.8 Å². The highest BCUT2D eigenvalue weighted by Crippen LogP contribution is 2.33. The zero-order chi connectivity index (χ0) is 10.7. The van der Waals surface area contributed by atoms with Crippen LogP contribution >= 0.6 is 0 Å². The summed E-state index contributed by atoms with van der Waals surface area (Å²) in [6.45, 7) is 3.16. The van der Waals surface area contributed by atoms with Crippen LogP contribution in [0.4, 0.5) is 0 Å². The standard InChI is InChI=1S/C9H19N5/c1-6-3-7(4-6)5-14(2)9(12)13-8(10)11/h6-7H,3-5H2,1-2H3,(H5,10,11,12,13). The van der Waals surface area contributed by atoms with Gasteiger partial charge in [0.1, 0.15) is 0 Å². The lowest BCUT2D eigenvalue weighted by Crippen LogP contribution is -2.41. The van der Waals surface area contributed by atoms with Gasteiger partial charge >= 0.3 is 0 Å². The molecule has 0 saturated heterocycles. The number of nitrogens with zero attached hydrogens (tertiary/aromatic N) is 2. The van der Waals surface area contributed by atoms with Crippen LogP contribution in [-0.2, 0) is 0 Å². The van der Waals surface area contributed by atoms with Gasteiger partial charge in [-0.25, -0.2) is 0 Å². The molecule has 0 aromatic carbocycles. The molecule has 0 bridgehead atoms. The van der Waals surface area contributed by atoms with Gasteiger partial charge < -0.3 is 16.4 Å². The summed E-state index contributed by atoms with van der Waals surface area (Å²) in [5, 5.41) is 6.98. The van der Waals surface area contributed by atoms with E-state index in [1.807, 2.05) is 11.9 Å². The molecule has 1 aliphatic rings. The van der Waals surface area contributed by atoms with E-state index in [2.05, 4.69) is 11.9 Å². The zero-order valence-corrected chi connectivity index (χ0v) is 8.83. The Morgan fingerprint density at radius 3 is 2.50 bits per heavy atom. The predicted molar refractivity (Wildman–Crippen MR) is 58.1 cm³/mol. The topological polar surface area (TPSA) is 91.5 Å². The smallest absolute Gasteiger partial charge is 0.215 e. The van der Waals surface area contributed by atoms with E-state index < -0.39 is 0 Å². The first-order valence-electron chi connectivity index (χ1n) is 4.88. The Morgan fingerprint density at radius 1 is 1.50 bits per heavy atom. The van der Waals surface area contributed by atoms with Crippen LogP contribution in [0.1, 0.15) is 19.8 Å². The third-order valence-electron chi connectivity index (χ3n) is 2.63. The van der Waals surface area contributed by atoms with E-state index in [0.29, 0.717) is 5.96 Å². The summed E-state index contributed by atoms with van der Waals surface area (Å²) in [7, 11) is 1.88. The van der Waals surface area contributed by atoms with Crippen molar-refractivity contribution < 1.29 is 0 Å². The Balaban J connectivity index is 2.34. The summed E-state index contributed by atoms with van der Waals surface area (Å²) in [5.41, 5.74) is 10.8. The van der Waals surface area contributed by atoms with Gasteiger partial charge in [0.25, 0.3) is 0 Å². The molecule has 14 heavy (non-hydrogen) atoms. The fourth-order valence-electron chi connectivity index (χ4n) is 1.91. The Hall–Kier alpha value is -1.26. The number of hydrogen-bond donors (Lipinski definition) is 3. The molecular formula is C9H19N5. The average molecular weight is 197 g/mol. The molecule has 0 aliphatic heterocycles. The molecule has 1 aliphatic carbocycles. The van der Waals surface area contributed by atoms with Crippen molar-refractivity contribution in [3.63, 3.8) is 0 Å². The highest BCUT2D eigenvalue weighted by atomic mass is 15.2. The minimum absolute atomic E-state index is 0.240. The molecule has 5 nitrogen and oxygen atoms in total. The number of hydrogen-bond acceptors (Lipinski definition) is 1. The molecule has 0 unspecified atom stereocenters. The fourth-order valence-corrected chi connectivity index (χ4v) is 1.91. The molecule has 0 amide bonds. The van der Waals surface area contributed by atoms with E-state index in [4.69, 9.17) is 16.9 Å². The van der Waals surface area contributed by atoms with Gasteiger partial charge in [0.15, 0.2) is 5.96 Å². The number of guanidine groups is 2. The summed E-state index contributed by atoms with van der Waals surface area (Å²) >= 11 is 0. The van der Waals surface area contributed by atoms with E-state index in [-0.39, 0.29) is 5.96 Å². The van der Waals surface area contributed by atoms with Gasteiger partial charge in [0.05, 0.1) is 0 Å². The quantitative estimate of drug-likeness (QED) is 0.435. The van der Waals surface area contributed by atoms with Crippen molar-refractivity contribution in [3.05, 3.63) is 0 Å². The van der Waals surface area contributed by atoms with Crippen LogP contribution in [0.25, 0.3) is 0 Å². The third-order valence-corrected chi connectivity index (χ3v) is 2.63. The number of nitrogens with two attached hydrogens (primary N) is 2. The monoisotopic (exact) mass is 197 g/mol. The molecule has 0 aromatic heterocycles. The molecule has 0 spiro atoms. The SMILES string of the molecule is CC1CC(CN(C)/C(N)=N/C(=N)N)C1. The van der Waals surface area contributed by atoms with E-state index in [1.165, 1.54) is 12.8 Å². The van der Waals surface area contributed by atoms with Gasteiger partial charge in [-0.05, 0) is 24.7 Å². The van der Waals surface area contributed by atoms with Crippen molar-refractivity contribution in [2.75, 3.05) is 13.6 Å². The molecule has 0 radical (unpaired) electrons. The summed E-state index contributed by atoms with van der Waals surface area (Å²) in [6, 6.07) is 0. The van der Waals surface area contributed by atoms with Crippen LogP contribution in [0.15, 0.2) is 4.99 Å². The van der Waals surface area contributed by atoms with Crippen molar-refractivity contribution in [2.24, 2.45) is 28.3 Å². The predicted octanol–water partition coefficient (Wildman–Crippen LogP) is 0.172. The first-order valence-corrected chi connectivity index (χ1v) is 4.88. The van der Waals surface area contributed by atoms with Crippen LogP contribution < -0.4 is 11.5 Å². The molecule has 0 atom stereocenters. The summed E-state index contributed by atoms with van der Waals surface area (Å²) in [6.07, 6.45) is 2.52. The summed E-state index contributed by atoms with van der Waals surface area (Å²) in [5.74, 6) is 1.66. The second kappa shape index (κ2) is 4.30. The second-order valence-electron chi connectivity index (χ2n) is 4.18. The second-order valence-corrected chi connectivity index (χ2v) is 4.18. The van der Waals surface area contributed by atoms with Gasteiger partial charge in [-0.1, -0.05) is 6.92 Å². The van der Waals surface area contributed by atoms with Gasteiger partial charge in [-0.15, -0.1) is 0 Å². The Labute approximate surface area is 84.7 Å². The molecule has 5 heteroatoms.